The normalized spacial score (nSPS) is 10.9. The summed E-state index contributed by atoms with van der Waals surface area (Å²) in [5.41, 5.74) is 3.36. The van der Waals surface area contributed by atoms with Crippen molar-refractivity contribution >= 4 is 33.2 Å². The van der Waals surface area contributed by atoms with E-state index in [0.29, 0.717) is 6.54 Å². The summed E-state index contributed by atoms with van der Waals surface area (Å²) < 4.78 is 15.9. The maximum Gasteiger partial charge on any atom is 0.224 e. The SMILES string of the molecule is Cc1nn(-c2ccc(F)cc2)c(C)c1CC(=O)NCc1ccc(Br)s1. The van der Waals surface area contributed by atoms with Crippen molar-refractivity contribution in [1.82, 2.24) is 15.1 Å². The standard InChI is InChI=1S/C18H17BrFN3OS/c1-11-16(9-18(24)21-10-15-7-8-17(19)25-15)12(2)23(22-11)14-5-3-13(20)4-6-14/h3-8H,9-10H2,1-2H3,(H,21,24). The molecule has 0 fully saturated rings. The number of hydrogen-bond acceptors (Lipinski definition) is 3. The molecular formula is C18H17BrFN3OS. The van der Waals surface area contributed by atoms with E-state index in [1.165, 1.54) is 12.1 Å². The van der Waals surface area contributed by atoms with Crippen LogP contribution >= 0.6 is 27.3 Å². The zero-order chi connectivity index (χ0) is 18.0. The van der Waals surface area contributed by atoms with Crippen LogP contribution in [0.3, 0.4) is 0 Å². The number of thiophene rings is 1. The summed E-state index contributed by atoms with van der Waals surface area (Å²) >= 11 is 5.01. The molecule has 3 aromatic rings. The Morgan fingerprint density at radius 3 is 2.60 bits per heavy atom. The van der Waals surface area contributed by atoms with Crippen LogP contribution in [0.15, 0.2) is 40.2 Å². The molecule has 0 saturated heterocycles. The lowest BCUT2D eigenvalue weighted by Gasteiger charge is -2.06. The van der Waals surface area contributed by atoms with Crippen molar-refractivity contribution in [1.29, 1.82) is 0 Å². The molecule has 0 spiro atoms. The van der Waals surface area contributed by atoms with E-state index in [-0.39, 0.29) is 18.1 Å². The fourth-order valence-electron chi connectivity index (χ4n) is 2.62. The lowest BCUT2D eigenvalue weighted by Crippen LogP contribution is -2.24. The van der Waals surface area contributed by atoms with E-state index in [4.69, 9.17) is 0 Å². The van der Waals surface area contributed by atoms with E-state index in [1.54, 1.807) is 28.2 Å². The molecule has 0 aliphatic heterocycles. The zero-order valence-electron chi connectivity index (χ0n) is 13.8. The number of rotatable bonds is 5. The van der Waals surface area contributed by atoms with Gasteiger partial charge in [-0.15, -0.1) is 11.3 Å². The van der Waals surface area contributed by atoms with E-state index < -0.39 is 0 Å². The molecule has 0 aliphatic rings. The average Bonchev–Trinajstić information content (AvgIpc) is 3.12. The monoisotopic (exact) mass is 421 g/mol. The van der Waals surface area contributed by atoms with Gasteiger partial charge >= 0.3 is 0 Å². The summed E-state index contributed by atoms with van der Waals surface area (Å²) in [5, 5.41) is 7.43. The van der Waals surface area contributed by atoms with Gasteiger partial charge in [0.25, 0.3) is 0 Å². The minimum Gasteiger partial charge on any atom is -0.351 e. The predicted octanol–water partition coefficient (Wildman–Crippen LogP) is 4.31. The van der Waals surface area contributed by atoms with E-state index in [1.807, 2.05) is 26.0 Å². The molecule has 0 radical (unpaired) electrons. The molecule has 0 unspecified atom stereocenters. The number of halogens is 2. The Morgan fingerprint density at radius 1 is 1.24 bits per heavy atom. The largest absolute Gasteiger partial charge is 0.351 e. The predicted molar refractivity (Wildman–Crippen MR) is 101 cm³/mol. The Labute approximate surface area is 157 Å². The van der Waals surface area contributed by atoms with E-state index in [2.05, 4.69) is 26.3 Å². The number of hydrogen-bond donors (Lipinski definition) is 1. The first kappa shape index (κ1) is 17.8. The molecule has 130 valence electrons. The fraction of sp³-hybridized carbons (Fsp3) is 0.222. The third-order valence-electron chi connectivity index (χ3n) is 3.94. The number of carbonyl (C=O) groups is 1. The van der Waals surface area contributed by atoms with Crippen LogP contribution < -0.4 is 5.32 Å². The molecule has 7 heteroatoms. The van der Waals surface area contributed by atoms with Gasteiger partial charge in [-0.1, -0.05) is 0 Å². The van der Waals surface area contributed by atoms with Crippen molar-refractivity contribution in [3.8, 4) is 5.69 Å². The lowest BCUT2D eigenvalue weighted by molar-refractivity contribution is -0.120. The Balaban J connectivity index is 1.72. The maximum absolute atomic E-state index is 13.1. The number of aryl methyl sites for hydroxylation is 1. The molecule has 2 heterocycles. The van der Waals surface area contributed by atoms with Crippen LogP contribution in [0.2, 0.25) is 0 Å². The molecular weight excluding hydrogens is 405 g/mol. The number of aromatic nitrogens is 2. The topological polar surface area (TPSA) is 46.9 Å². The summed E-state index contributed by atoms with van der Waals surface area (Å²) in [4.78, 5) is 13.4. The van der Waals surface area contributed by atoms with Crippen molar-refractivity contribution in [3.05, 3.63) is 67.8 Å². The van der Waals surface area contributed by atoms with Gasteiger partial charge in [0.05, 0.1) is 28.1 Å². The quantitative estimate of drug-likeness (QED) is 0.666. The lowest BCUT2D eigenvalue weighted by atomic mass is 10.1. The molecule has 0 saturated carbocycles. The highest BCUT2D eigenvalue weighted by Crippen LogP contribution is 2.22. The van der Waals surface area contributed by atoms with Gasteiger partial charge in [-0.3, -0.25) is 4.79 Å². The van der Waals surface area contributed by atoms with Gasteiger partial charge in [-0.25, -0.2) is 9.07 Å². The Bertz CT molecular complexity index is 902. The van der Waals surface area contributed by atoms with Crippen LogP contribution in [0.4, 0.5) is 4.39 Å². The van der Waals surface area contributed by atoms with Crippen LogP contribution in [-0.4, -0.2) is 15.7 Å². The molecule has 25 heavy (non-hydrogen) atoms. The second-order valence-corrected chi connectivity index (χ2v) is 8.24. The summed E-state index contributed by atoms with van der Waals surface area (Å²) in [6, 6.07) is 10.1. The maximum atomic E-state index is 13.1. The number of nitrogens with one attached hydrogen (secondary N) is 1. The Kier molecular flexibility index (Phi) is 5.34. The number of carbonyl (C=O) groups excluding carboxylic acids is 1. The molecule has 3 rings (SSSR count). The van der Waals surface area contributed by atoms with Crippen LogP contribution in [0, 0.1) is 19.7 Å². The Morgan fingerprint density at radius 2 is 1.96 bits per heavy atom. The first-order valence-corrected chi connectivity index (χ1v) is 9.37. The van der Waals surface area contributed by atoms with Gasteiger partial charge in [-0.2, -0.15) is 5.10 Å². The number of nitrogens with zero attached hydrogens (tertiary/aromatic N) is 2. The highest BCUT2D eigenvalue weighted by atomic mass is 79.9. The van der Waals surface area contributed by atoms with E-state index in [9.17, 15) is 9.18 Å². The van der Waals surface area contributed by atoms with Crippen molar-refractivity contribution in [2.45, 2.75) is 26.8 Å². The molecule has 0 atom stereocenters. The number of amides is 1. The fourth-order valence-corrected chi connectivity index (χ4v) is 4.04. The van der Waals surface area contributed by atoms with E-state index in [0.717, 1.165) is 31.3 Å². The van der Waals surface area contributed by atoms with Gasteiger partial charge < -0.3 is 5.32 Å². The summed E-state index contributed by atoms with van der Waals surface area (Å²) in [7, 11) is 0. The summed E-state index contributed by atoms with van der Waals surface area (Å²) in [6.45, 7) is 4.31. The van der Waals surface area contributed by atoms with Crippen molar-refractivity contribution < 1.29 is 9.18 Å². The third kappa shape index (κ3) is 4.16. The smallest absolute Gasteiger partial charge is 0.224 e. The minimum atomic E-state index is -0.287. The molecule has 1 amide bonds. The van der Waals surface area contributed by atoms with Crippen LogP contribution in [-0.2, 0) is 17.8 Å². The van der Waals surface area contributed by atoms with Gasteiger partial charge in [-0.05, 0) is 66.2 Å². The molecule has 4 nitrogen and oxygen atoms in total. The average molecular weight is 422 g/mol. The van der Waals surface area contributed by atoms with E-state index >= 15 is 0 Å². The highest BCUT2D eigenvalue weighted by molar-refractivity contribution is 9.11. The van der Waals surface area contributed by atoms with Crippen LogP contribution in [0.1, 0.15) is 21.8 Å². The van der Waals surface area contributed by atoms with Gasteiger partial charge in [0, 0.05) is 16.1 Å². The van der Waals surface area contributed by atoms with Crippen LogP contribution in [0.5, 0.6) is 0 Å². The molecule has 1 aromatic carbocycles. The molecule has 1 N–H and O–H groups in total. The minimum absolute atomic E-state index is 0.0469. The molecule has 2 aromatic heterocycles. The first-order chi connectivity index (χ1) is 11.9. The second-order valence-electron chi connectivity index (χ2n) is 5.70. The highest BCUT2D eigenvalue weighted by Gasteiger charge is 2.16. The second kappa shape index (κ2) is 7.49. The molecule has 0 aliphatic carbocycles. The van der Waals surface area contributed by atoms with Crippen molar-refractivity contribution in [3.63, 3.8) is 0 Å². The van der Waals surface area contributed by atoms with Gasteiger partial charge in [0.15, 0.2) is 0 Å². The third-order valence-corrected chi connectivity index (χ3v) is 5.56. The van der Waals surface area contributed by atoms with Crippen molar-refractivity contribution in [2.75, 3.05) is 0 Å². The summed E-state index contributed by atoms with van der Waals surface area (Å²) in [6.07, 6.45) is 0.269. The molecule has 0 bridgehead atoms. The van der Waals surface area contributed by atoms with Gasteiger partial charge in [0.2, 0.25) is 5.91 Å². The Hall–Kier alpha value is -1.99. The zero-order valence-corrected chi connectivity index (χ0v) is 16.2. The first-order valence-electron chi connectivity index (χ1n) is 7.76. The van der Waals surface area contributed by atoms with Gasteiger partial charge in [0.1, 0.15) is 5.82 Å². The number of benzene rings is 1. The van der Waals surface area contributed by atoms with Crippen LogP contribution in [0.25, 0.3) is 5.69 Å². The summed E-state index contributed by atoms with van der Waals surface area (Å²) in [5.74, 6) is -0.334. The van der Waals surface area contributed by atoms with Crippen molar-refractivity contribution in [2.24, 2.45) is 0 Å².